The lowest BCUT2D eigenvalue weighted by atomic mass is 9.77. The van der Waals surface area contributed by atoms with Crippen LogP contribution in [0.3, 0.4) is 0 Å². The minimum atomic E-state index is -3.60. The first-order valence-corrected chi connectivity index (χ1v) is 14.4. The Kier molecular flexibility index (Phi) is 6.53. The van der Waals surface area contributed by atoms with Gasteiger partial charge in [0, 0.05) is 16.5 Å². The normalized spacial score (nSPS) is 19.1. The third-order valence-corrected chi connectivity index (χ3v) is 9.09. The van der Waals surface area contributed by atoms with Crippen molar-refractivity contribution in [2.45, 2.75) is 67.7 Å². The lowest BCUT2D eigenvalue weighted by molar-refractivity contribution is -0.00227. The quantitative estimate of drug-likeness (QED) is 0.399. The minimum absolute atomic E-state index is 0.101. The number of amides is 1. The van der Waals surface area contributed by atoms with Crippen LogP contribution in [0.1, 0.15) is 72.0 Å². The predicted octanol–water partition coefficient (Wildman–Crippen LogP) is 6.28. The summed E-state index contributed by atoms with van der Waals surface area (Å²) in [5.74, 6) is 0.483. The zero-order chi connectivity index (χ0) is 24.6. The van der Waals surface area contributed by atoms with Crippen LogP contribution in [-0.4, -0.2) is 19.9 Å². The average molecular weight is 558 g/mol. The summed E-state index contributed by atoms with van der Waals surface area (Å²) in [6, 6.07) is 15.4. The number of carbonyl (C=O) groups excluding carboxylic acids is 1. The minimum Gasteiger partial charge on any atom is -0.487 e. The van der Waals surface area contributed by atoms with E-state index in [0.717, 1.165) is 47.0 Å². The molecule has 0 saturated heterocycles. The molecular formula is C27H28BrNO5S. The van der Waals surface area contributed by atoms with Gasteiger partial charge in [-0.1, -0.05) is 40.0 Å². The van der Waals surface area contributed by atoms with Gasteiger partial charge >= 0.3 is 0 Å². The number of rotatable bonds is 5. The topological polar surface area (TPSA) is 85.6 Å². The monoisotopic (exact) mass is 557 g/mol. The van der Waals surface area contributed by atoms with Gasteiger partial charge in [0.25, 0.3) is 5.91 Å². The van der Waals surface area contributed by atoms with Crippen LogP contribution in [0.25, 0.3) is 0 Å². The van der Waals surface area contributed by atoms with E-state index in [0.29, 0.717) is 6.42 Å². The molecule has 2 aliphatic rings. The molecule has 0 radical (unpaired) electrons. The van der Waals surface area contributed by atoms with E-state index in [1.807, 2.05) is 19.1 Å². The molecule has 0 bridgehead atoms. The highest BCUT2D eigenvalue weighted by atomic mass is 79.9. The first-order valence-electron chi connectivity index (χ1n) is 11.9. The molecule has 1 N–H and O–H groups in total. The maximum Gasteiger partial charge on any atom is 0.287 e. The fourth-order valence-corrected chi connectivity index (χ4v) is 6.65. The van der Waals surface area contributed by atoms with E-state index in [9.17, 15) is 13.2 Å². The fourth-order valence-electron chi connectivity index (χ4n) is 5.14. The van der Waals surface area contributed by atoms with Crippen molar-refractivity contribution < 1.29 is 22.4 Å². The summed E-state index contributed by atoms with van der Waals surface area (Å²) in [7, 11) is -3.60. The van der Waals surface area contributed by atoms with Crippen molar-refractivity contribution in [2.75, 3.05) is 0 Å². The van der Waals surface area contributed by atoms with Crippen LogP contribution in [0.2, 0.25) is 0 Å². The molecule has 1 aliphatic heterocycles. The SMILES string of the molecule is Cc1ccc2c(c1)C(NC(=O)c1ccc(CS(=O)(=O)c3ccc(Br)cc3)o1)CC1(CCCCC1)O2. The highest BCUT2D eigenvalue weighted by Gasteiger charge is 2.42. The van der Waals surface area contributed by atoms with Gasteiger partial charge in [0.1, 0.15) is 22.9 Å². The van der Waals surface area contributed by atoms with E-state index in [1.54, 1.807) is 30.3 Å². The molecule has 5 rings (SSSR count). The summed E-state index contributed by atoms with van der Waals surface area (Å²) in [6.45, 7) is 2.02. The van der Waals surface area contributed by atoms with E-state index in [2.05, 4.69) is 27.3 Å². The largest absolute Gasteiger partial charge is 0.487 e. The van der Waals surface area contributed by atoms with E-state index >= 15 is 0 Å². The summed E-state index contributed by atoms with van der Waals surface area (Å²) in [5, 5.41) is 3.14. The molecule has 1 fully saturated rings. The van der Waals surface area contributed by atoms with Crippen LogP contribution in [0.15, 0.2) is 68.4 Å². The van der Waals surface area contributed by atoms with Crippen molar-refractivity contribution in [1.82, 2.24) is 5.32 Å². The van der Waals surface area contributed by atoms with Gasteiger partial charge in [0.15, 0.2) is 15.6 Å². The van der Waals surface area contributed by atoms with Crippen LogP contribution in [0.5, 0.6) is 5.75 Å². The van der Waals surface area contributed by atoms with Crippen LogP contribution in [0, 0.1) is 6.92 Å². The number of nitrogens with one attached hydrogen (secondary N) is 1. The fraction of sp³-hybridized carbons (Fsp3) is 0.370. The van der Waals surface area contributed by atoms with Crippen molar-refractivity contribution >= 4 is 31.7 Å². The molecule has 1 spiro atoms. The van der Waals surface area contributed by atoms with Crippen LogP contribution in [0.4, 0.5) is 0 Å². The number of aryl methyl sites for hydroxylation is 1. The Hall–Kier alpha value is -2.58. The molecule has 1 atom stereocenters. The Balaban J connectivity index is 1.34. The molecule has 6 nitrogen and oxygen atoms in total. The van der Waals surface area contributed by atoms with E-state index in [-0.39, 0.29) is 39.7 Å². The van der Waals surface area contributed by atoms with Crippen LogP contribution in [-0.2, 0) is 15.6 Å². The van der Waals surface area contributed by atoms with Gasteiger partial charge in [-0.05, 0) is 75.1 Å². The summed E-state index contributed by atoms with van der Waals surface area (Å²) in [5.41, 5.74) is 1.81. The average Bonchev–Trinajstić information content (AvgIpc) is 3.28. The van der Waals surface area contributed by atoms with E-state index in [4.69, 9.17) is 9.15 Å². The Morgan fingerprint density at radius 2 is 1.80 bits per heavy atom. The second kappa shape index (κ2) is 9.47. The summed E-state index contributed by atoms with van der Waals surface area (Å²) in [6.07, 6.45) is 6.12. The number of fused-ring (bicyclic) bond motifs is 1. The van der Waals surface area contributed by atoms with Gasteiger partial charge in [-0.2, -0.15) is 0 Å². The van der Waals surface area contributed by atoms with Crippen molar-refractivity contribution in [1.29, 1.82) is 0 Å². The number of ether oxygens (including phenoxy) is 1. The maximum absolute atomic E-state index is 13.2. The lowest BCUT2D eigenvalue weighted by Crippen LogP contribution is -2.46. The highest BCUT2D eigenvalue weighted by Crippen LogP contribution is 2.46. The number of halogens is 1. The number of sulfone groups is 1. The number of furan rings is 1. The molecule has 35 heavy (non-hydrogen) atoms. The molecule has 1 aromatic heterocycles. The first kappa shape index (κ1) is 24.1. The smallest absolute Gasteiger partial charge is 0.287 e. The Labute approximate surface area is 214 Å². The van der Waals surface area contributed by atoms with Gasteiger partial charge in [0.2, 0.25) is 0 Å². The van der Waals surface area contributed by atoms with Crippen molar-refractivity contribution in [2.24, 2.45) is 0 Å². The molecule has 1 aliphatic carbocycles. The van der Waals surface area contributed by atoms with Gasteiger partial charge in [0.05, 0.1) is 10.9 Å². The van der Waals surface area contributed by atoms with Crippen LogP contribution < -0.4 is 10.1 Å². The van der Waals surface area contributed by atoms with Crippen molar-refractivity contribution in [3.63, 3.8) is 0 Å². The molecule has 1 amide bonds. The molecule has 8 heteroatoms. The zero-order valence-electron chi connectivity index (χ0n) is 19.6. The Morgan fingerprint density at radius 3 is 2.54 bits per heavy atom. The molecule has 2 aromatic carbocycles. The first-order chi connectivity index (χ1) is 16.7. The molecular weight excluding hydrogens is 530 g/mol. The highest BCUT2D eigenvalue weighted by molar-refractivity contribution is 9.10. The predicted molar refractivity (Wildman–Crippen MR) is 136 cm³/mol. The van der Waals surface area contributed by atoms with Gasteiger partial charge in [-0.3, -0.25) is 4.79 Å². The zero-order valence-corrected chi connectivity index (χ0v) is 22.0. The Bertz CT molecular complexity index is 1340. The number of benzene rings is 2. The number of hydrogen-bond acceptors (Lipinski definition) is 5. The van der Waals surface area contributed by atoms with Crippen LogP contribution >= 0.6 is 15.9 Å². The molecule has 1 saturated carbocycles. The summed E-state index contributed by atoms with van der Waals surface area (Å²) in [4.78, 5) is 13.4. The number of carbonyl (C=O) groups is 1. The maximum atomic E-state index is 13.2. The van der Waals surface area contributed by atoms with E-state index < -0.39 is 9.84 Å². The summed E-state index contributed by atoms with van der Waals surface area (Å²) < 4.78 is 38.5. The molecule has 184 valence electrons. The second-order valence-electron chi connectivity index (χ2n) is 9.60. The third kappa shape index (κ3) is 5.19. The molecule has 2 heterocycles. The van der Waals surface area contributed by atoms with Gasteiger partial charge in [-0.25, -0.2) is 8.42 Å². The van der Waals surface area contributed by atoms with Crippen molar-refractivity contribution in [3.8, 4) is 5.75 Å². The summed E-state index contributed by atoms with van der Waals surface area (Å²) >= 11 is 3.31. The van der Waals surface area contributed by atoms with Gasteiger partial charge < -0.3 is 14.5 Å². The Morgan fingerprint density at radius 1 is 1.06 bits per heavy atom. The third-order valence-electron chi connectivity index (χ3n) is 6.90. The standard InChI is InChI=1S/C27H28BrNO5S/c1-18-5-11-24-22(15-18)23(16-27(34-24)13-3-2-4-14-27)29-26(30)25-12-8-20(33-25)17-35(31,32)21-9-6-19(28)7-10-21/h5-12,15,23H,2-4,13-14,16-17H2,1H3,(H,29,30). The lowest BCUT2D eigenvalue weighted by Gasteiger charge is -2.44. The molecule has 1 unspecified atom stereocenters. The van der Waals surface area contributed by atoms with Gasteiger partial charge in [-0.15, -0.1) is 0 Å². The van der Waals surface area contributed by atoms with E-state index in [1.165, 1.54) is 12.5 Å². The second-order valence-corrected chi connectivity index (χ2v) is 12.5. The van der Waals surface area contributed by atoms with Crippen molar-refractivity contribution in [3.05, 3.63) is 81.7 Å². The molecule has 3 aromatic rings. The number of hydrogen-bond donors (Lipinski definition) is 1.